The van der Waals surface area contributed by atoms with E-state index in [0.717, 1.165) is 38.3 Å². The molecule has 0 radical (unpaired) electrons. The number of para-hydroxylation sites is 1. The fraction of sp³-hybridized carbons (Fsp3) is 0.300. The standard InChI is InChI=1S/C20H21F3N2O/c21-20(22,23)26-19-10-8-17(9-11-19)5-4-12-24-13-15-25(16-14-24)18-6-2-1-3-7-18/h1-11H,12-16H2/b5-4+. The predicted octanol–water partition coefficient (Wildman–Crippen LogP) is 4.42. The van der Waals surface area contributed by atoms with Gasteiger partial charge in [0.05, 0.1) is 0 Å². The first-order chi connectivity index (χ1) is 12.5. The van der Waals surface area contributed by atoms with Gasteiger partial charge in [0.15, 0.2) is 0 Å². The van der Waals surface area contributed by atoms with Crippen molar-refractivity contribution >= 4 is 11.8 Å². The minimum absolute atomic E-state index is 0.202. The summed E-state index contributed by atoms with van der Waals surface area (Å²) in [4.78, 5) is 4.73. The molecule has 2 aromatic rings. The number of hydrogen-bond acceptors (Lipinski definition) is 3. The van der Waals surface area contributed by atoms with Crippen molar-refractivity contribution in [3.05, 3.63) is 66.2 Å². The molecular weight excluding hydrogens is 341 g/mol. The van der Waals surface area contributed by atoms with Gasteiger partial charge in [0, 0.05) is 38.4 Å². The number of nitrogens with zero attached hydrogens (tertiary/aromatic N) is 2. The zero-order chi connectivity index (χ0) is 18.4. The molecule has 0 N–H and O–H groups in total. The molecule has 0 spiro atoms. The van der Waals surface area contributed by atoms with Gasteiger partial charge in [-0.3, -0.25) is 4.90 Å². The molecule has 1 heterocycles. The summed E-state index contributed by atoms with van der Waals surface area (Å²) in [5.41, 5.74) is 2.10. The van der Waals surface area contributed by atoms with Crippen molar-refractivity contribution < 1.29 is 17.9 Å². The molecule has 1 saturated heterocycles. The van der Waals surface area contributed by atoms with Gasteiger partial charge in [-0.2, -0.15) is 0 Å². The number of alkyl halides is 3. The Labute approximate surface area is 151 Å². The fourth-order valence-corrected chi connectivity index (χ4v) is 2.95. The van der Waals surface area contributed by atoms with Crippen LogP contribution in [-0.4, -0.2) is 44.0 Å². The minimum atomic E-state index is -4.65. The molecule has 0 unspecified atom stereocenters. The van der Waals surface area contributed by atoms with Gasteiger partial charge in [-0.05, 0) is 29.8 Å². The van der Waals surface area contributed by atoms with E-state index in [9.17, 15) is 13.2 Å². The molecule has 0 saturated carbocycles. The average Bonchev–Trinajstić information content (AvgIpc) is 2.63. The molecule has 0 amide bonds. The molecule has 1 aliphatic rings. The lowest BCUT2D eigenvalue weighted by molar-refractivity contribution is -0.274. The lowest BCUT2D eigenvalue weighted by Crippen LogP contribution is -2.46. The van der Waals surface area contributed by atoms with Gasteiger partial charge in [0.1, 0.15) is 5.75 Å². The summed E-state index contributed by atoms with van der Waals surface area (Å²) in [5, 5.41) is 0. The lowest BCUT2D eigenvalue weighted by Gasteiger charge is -2.35. The molecule has 0 atom stereocenters. The van der Waals surface area contributed by atoms with Crippen LogP contribution < -0.4 is 9.64 Å². The molecule has 26 heavy (non-hydrogen) atoms. The molecule has 2 aromatic carbocycles. The highest BCUT2D eigenvalue weighted by molar-refractivity contribution is 5.51. The Morgan fingerprint density at radius 2 is 1.54 bits per heavy atom. The highest BCUT2D eigenvalue weighted by atomic mass is 19.4. The summed E-state index contributed by atoms with van der Waals surface area (Å²) < 4.78 is 40.3. The van der Waals surface area contributed by atoms with Crippen molar-refractivity contribution in [2.45, 2.75) is 6.36 Å². The first kappa shape index (κ1) is 18.3. The Morgan fingerprint density at radius 3 is 2.15 bits per heavy atom. The van der Waals surface area contributed by atoms with E-state index in [1.165, 1.54) is 17.8 Å². The first-order valence-electron chi connectivity index (χ1n) is 8.54. The largest absolute Gasteiger partial charge is 0.573 e. The minimum Gasteiger partial charge on any atom is -0.406 e. The van der Waals surface area contributed by atoms with Crippen molar-refractivity contribution in [2.75, 3.05) is 37.6 Å². The summed E-state index contributed by atoms with van der Waals surface area (Å²) in [6.45, 7) is 4.77. The van der Waals surface area contributed by atoms with Crippen LogP contribution in [0.3, 0.4) is 0 Å². The van der Waals surface area contributed by atoms with Gasteiger partial charge in [-0.25, -0.2) is 0 Å². The highest BCUT2D eigenvalue weighted by Crippen LogP contribution is 2.23. The highest BCUT2D eigenvalue weighted by Gasteiger charge is 2.30. The number of benzene rings is 2. The monoisotopic (exact) mass is 362 g/mol. The summed E-state index contributed by atoms with van der Waals surface area (Å²) in [7, 11) is 0. The third-order valence-corrected chi connectivity index (χ3v) is 4.28. The molecule has 0 aromatic heterocycles. The molecule has 3 rings (SSSR count). The van der Waals surface area contributed by atoms with Crippen LogP contribution in [0.2, 0.25) is 0 Å². The first-order valence-corrected chi connectivity index (χ1v) is 8.54. The average molecular weight is 362 g/mol. The number of piperazine rings is 1. The van der Waals surface area contributed by atoms with Crippen LogP contribution >= 0.6 is 0 Å². The van der Waals surface area contributed by atoms with E-state index in [-0.39, 0.29) is 5.75 Å². The predicted molar refractivity (Wildman–Crippen MR) is 97.3 cm³/mol. The summed E-state index contributed by atoms with van der Waals surface area (Å²) in [6, 6.07) is 16.3. The molecule has 6 heteroatoms. The normalized spacial score (nSPS) is 16.2. The van der Waals surface area contributed by atoms with Crippen LogP contribution in [0.15, 0.2) is 60.7 Å². The fourth-order valence-electron chi connectivity index (χ4n) is 2.95. The zero-order valence-electron chi connectivity index (χ0n) is 14.3. The quantitative estimate of drug-likeness (QED) is 0.783. The lowest BCUT2D eigenvalue weighted by atomic mass is 10.2. The van der Waals surface area contributed by atoms with Gasteiger partial charge in [0.25, 0.3) is 0 Å². The van der Waals surface area contributed by atoms with Crippen molar-refractivity contribution in [1.29, 1.82) is 0 Å². The van der Waals surface area contributed by atoms with Crippen LogP contribution in [0.4, 0.5) is 18.9 Å². The SMILES string of the molecule is FC(F)(F)Oc1ccc(/C=C/CN2CCN(c3ccccc3)CC2)cc1. The van der Waals surface area contributed by atoms with Crippen LogP contribution in [0.25, 0.3) is 6.08 Å². The van der Waals surface area contributed by atoms with E-state index in [0.29, 0.717) is 0 Å². The third-order valence-electron chi connectivity index (χ3n) is 4.28. The van der Waals surface area contributed by atoms with E-state index in [1.54, 1.807) is 12.1 Å². The number of rotatable bonds is 5. The molecule has 3 nitrogen and oxygen atoms in total. The van der Waals surface area contributed by atoms with Crippen LogP contribution in [-0.2, 0) is 0 Å². The number of anilines is 1. The van der Waals surface area contributed by atoms with Crippen LogP contribution in [0, 0.1) is 0 Å². The Kier molecular flexibility index (Phi) is 5.83. The topological polar surface area (TPSA) is 15.7 Å². The van der Waals surface area contributed by atoms with E-state index >= 15 is 0 Å². The molecular formula is C20H21F3N2O. The van der Waals surface area contributed by atoms with E-state index in [1.807, 2.05) is 18.2 Å². The smallest absolute Gasteiger partial charge is 0.406 e. The molecule has 0 bridgehead atoms. The van der Waals surface area contributed by atoms with Crippen molar-refractivity contribution in [3.63, 3.8) is 0 Å². The Hall–Kier alpha value is -2.47. The van der Waals surface area contributed by atoms with Crippen LogP contribution in [0.1, 0.15) is 5.56 Å². The molecule has 138 valence electrons. The van der Waals surface area contributed by atoms with Gasteiger partial charge in [-0.15, -0.1) is 13.2 Å². The van der Waals surface area contributed by atoms with Gasteiger partial charge in [0.2, 0.25) is 0 Å². The maximum atomic E-state index is 12.1. The Morgan fingerprint density at radius 1 is 0.885 bits per heavy atom. The van der Waals surface area contributed by atoms with E-state index in [4.69, 9.17) is 0 Å². The Balaban J connectivity index is 1.45. The number of halogens is 3. The van der Waals surface area contributed by atoms with Crippen molar-refractivity contribution in [1.82, 2.24) is 4.90 Å². The zero-order valence-corrected chi connectivity index (χ0v) is 14.3. The van der Waals surface area contributed by atoms with Gasteiger partial charge < -0.3 is 9.64 Å². The van der Waals surface area contributed by atoms with Crippen molar-refractivity contribution in [3.8, 4) is 5.75 Å². The second-order valence-electron chi connectivity index (χ2n) is 6.14. The van der Waals surface area contributed by atoms with E-state index < -0.39 is 6.36 Å². The second-order valence-corrected chi connectivity index (χ2v) is 6.14. The van der Waals surface area contributed by atoms with Gasteiger partial charge >= 0.3 is 6.36 Å². The number of hydrogen-bond donors (Lipinski definition) is 0. The molecule has 1 fully saturated rings. The maximum Gasteiger partial charge on any atom is 0.573 e. The van der Waals surface area contributed by atoms with Gasteiger partial charge in [-0.1, -0.05) is 42.5 Å². The summed E-state index contributed by atoms with van der Waals surface area (Å²) >= 11 is 0. The van der Waals surface area contributed by atoms with Crippen molar-refractivity contribution in [2.24, 2.45) is 0 Å². The summed E-state index contributed by atoms with van der Waals surface area (Å²) in [6.07, 6.45) is -0.696. The van der Waals surface area contributed by atoms with E-state index in [2.05, 4.69) is 38.8 Å². The Bertz CT molecular complexity index is 706. The third kappa shape index (κ3) is 5.52. The summed E-state index contributed by atoms with van der Waals surface area (Å²) in [5.74, 6) is -0.202. The van der Waals surface area contributed by atoms with Crippen LogP contribution in [0.5, 0.6) is 5.75 Å². The number of ether oxygens (including phenoxy) is 1. The molecule has 0 aliphatic carbocycles. The maximum absolute atomic E-state index is 12.1. The molecule has 1 aliphatic heterocycles. The second kappa shape index (κ2) is 8.27.